The summed E-state index contributed by atoms with van der Waals surface area (Å²) in [6.45, 7) is 1.93. The van der Waals surface area contributed by atoms with Gasteiger partial charge in [0.15, 0.2) is 11.6 Å². The number of aromatic amines is 1. The molecule has 0 bridgehead atoms. The topological polar surface area (TPSA) is 67.8 Å². The number of aryl methyl sites for hydroxylation is 1. The molecule has 14 heavy (non-hydrogen) atoms. The molecule has 5 heteroatoms. The number of hydrogen-bond donors (Lipinski definition) is 2. The molecule has 74 valence electrons. The molecule has 0 amide bonds. The van der Waals surface area contributed by atoms with Crippen molar-refractivity contribution in [3.05, 3.63) is 23.9 Å². The summed E-state index contributed by atoms with van der Waals surface area (Å²) in [5, 5.41) is 6.12. The molecule has 0 saturated heterocycles. The second kappa shape index (κ2) is 3.17. The van der Waals surface area contributed by atoms with Crippen LogP contribution >= 0.6 is 0 Å². The summed E-state index contributed by atoms with van der Waals surface area (Å²) in [7, 11) is 0. The maximum absolute atomic E-state index is 13.4. The Morgan fingerprint density at radius 1 is 1.64 bits per heavy atom. The second-order valence-electron chi connectivity index (χ2n) is 2.91. The van der Waals surface area contributed by atoms with Crippen LogP contribution in [0.15, 0.2) is 16.7 Å². The molecule has 0 aromatic carbocycles. The Morgan fingerprint density at radius 3 is 3.00 bits per heavy atom. The third kappa shape index (κ3) is 1.17. The van der Waals surface area contributed by atoms with Crippen LogP contribution in [0.1, 0.15) is 12.7 Å². The minimum Gasteiger partial charge on any atom is -0.469 e. The Hall–Kier alpha value is -1.78. The quantitative estimate of drug-likeness (QED) is 0.769. The van der Waals surface area contributed by atoms with Crippen LogP contribution in [0.5, 0.6) is 0 Å². The zero-order valence-corrected chi connectivity index (χ0v) is 7.67. The smallest absolute Gasteiger partial charge is 0.192 e. The number of halogens is 1. The number of nitrogens with zero attached hydrogens (tertiary/aromatic N) is 1. The van der Waals surface area contributed by atoms with Crippen molar-refractivity contribution in [3.8, 4) is 11.3 Å². The van der Waals surface area contributed by atoms with Gasteiger partial charge in [-0.2, -0.15) is 5.10 Å². The maximum Gasteiger partial charge on any atom is 0.192 e. The molecule has 2 aromatic rings. The molecule has 2 heterocycles. The Kier molecular flexibility index (Phi) is 1.99. The fraction of sp³-hybridized carbons (Fsp3) is 0.222. The number of hydrogen-bond acceptors (Lipinski definition) is 3. The number of anilines is 1. The lowest BCUT2D eigenvalue weighted by molar-refractivity contribution is 0.516. The predicted octanol–water partition coefficient (Wildman–Crippen LogP) is 1.95. The van der Waals surface area contributed by atoms with E-state index in [4.69, 9.17) is 10.2 Å². The summed E-state index contributed by atoms with van der Waals surface area (Å²) in [5.41, 5.74) is 6.25. The van der Waals surface area contributed by atoms with Crippen molar-refractivity contribution < 1.29 is 8.81 Å². The van der Waals surface area contributed by atoms with E-state index in [0.717, 1.165) is 0 Å². The van der Waals surface area contributed by atoms with E-state index in [1.165, 1.54) is 6.26 Å². The molecular weight excluding hydrogens is 185 g/mol. The van der Waals surface area contributed by atoms with Crippen molar-refractivity contribution in [1.82, 2.24) is 10.2 Å². The number of furan rings is 1. The van der Waals surface area contributed by atoms with E-state index in [1.807, 2.05) is 6.92 Å². The van der Waals surface area contributed by atoms with Crippen LogP contribution in [0, 0.1) is 5.82 Å². The standard InChI is InChI=1S/C9H10FN3O/c1-2-6-5(3-4-14-6)8-7(10)9(11)13-12-8/h3-4H,2H2,1H3,(H3,11,12,13). The van der Waals surface area contributed by atoms with E-state index in [9.17, 15) is 4.39 Å². The average molecular weight is 195 g/mol. The molecule has 0 atom stereocenters. The highest BCUT2D eigenvalue weighted by molar-refractivity contribution is 5.64. The zero-order chi connectivity index (χ0) is 10.1. The lowest BCUT2D eigenvalue weighted by Crippen LogP contribution is -1.88. The van der Waals surface area contributed by atoms with Crippen LogP contribution in [-0.4, -0.2) is 10.2 Å². The molecule has 2 aromatic heterocycles. The third-order valence-corrected chi connectivity index (χ3v) is 2.07. The van der Waals surface area contributed by atoms with Gasteiger partial charge in [0.25, 0.3) is 0 Å². The highest BCUT2D eigenvalue weighted by Gasteiger charge is 2.16. The lowest BCUT2D eigenvalue weighted by Gasteiger charge is -1.96. The second-order valence-corrected chi connectivity index (χ2v) is 2.91. The Bertz CT molecular complexity index is 447. The first kappa shape index (κ1) is 8.80. The Labute approximate surface area is 79.9 Å². The van der Waals surface area contributed by atoms with Gasteiger partial charge in [-0.05, 0) is 6.07 Å². The molecule has 4 nitrogen and oxygen atoms in total. The van der Waals surface area contributed by atoms with E-state index in [0.29, 0.717) is 17.7 Å². The van der Waals surface area contributed by atoms with Gasteiger partial charge >= 0.3 is 0 Å². The minimum absolute atomic E-state index is 0.122. The Balaban J connectivity index is 2.54. The molecular formula is C9H10FN3O. The normalized spacial score (nSPS) is 10.7. The summed E-state index contributed by atoms with van der Waals surface area (Å²) >= 11 is 0. The van der Waals surface area contributed by atoms with Gasteiger partial charge in [0.2, 0.25) is 0 Å². The fourth-order valence-corrected chi connectivity index (χ4v) is 1.36. The Morgan fingerprint density at radius 2 is 2.43 bits per heavy atom. The SMILES string of the molecule is CCc1occc1-c1[nH]nc(N)c1F. The van der Waals surface area contributed by atoms with Gasteiger partial charge in [-0.1, -0.05) is 6.92 Å². The van der Waals surface area contributed by atoms with Crippen LogP contribution in [-0.2, 0) is 6.42 Å². The summed E-state index contributed by atoms with van der Waals surface area (Å²) in [6.07, 6.45) is 2.21. The van der Waals surface area contributed by atoms with Crippen LogP contribution in [0.3, 0.4) is 0 Å². The van der Waals surface area contributed by atoms with Crippen LogP contribution in [0.25, 0.3) is 11.3 Å². The first-order valence-electron chi connectivity index (χ1n) is 4.30. The highest BCUT2D eigenvalue weighted by Crippen LogP contribution is 2.27. The van der Waals surface area contributed by atoms with Crippen molar-refractivity contribution in [3.63, 3.8) is 0 Å². The molecule has 3 N–H and O–H groups in total. The molecule has 0 spiro atoms. The van der Waals surface area contributed by atoms with Gasteiger partial charge in [-0.3, -0.25) is 5.10 Å². The molecule has 0 radical (unpaired) electrons. The lowest BCUT2D eigenvalue weighted by atomic mass is 10.1. The number of nitrogens with two attached hydrogens (primary N) is 1. The van der Waals surface area contributed by atoms with Crippen molar-refractivity contribution in [2.24, 2.45) is 0 Å². The molecule has 0 fully saturated rings. The highest BCUT2D eigenvalue weighted by atomic mass is 19.1. The van der Waals surface area contributed by atoms with Gasteiger partial charge in [0.1, 0.15) is 11.5 Å². The zero-order valence-electron chi connectivity index (χ0n) is 7.67. The number of aromatic nitrogens is 2. The minimum atomic E-state index is -0.527. The average Bonchev–Trinajstić information content (AvgIpc) is 2.75. The fourth-order valence-electron chi connectivity index (χ4n) is 1.36. The maximum atomic E-state index is 13.4. The summed E-state index contributed by atoms with van der Waals surface area (Å²) in [4.78, 5) is 0. The number of nitrogens with one attached hydrogen (secondary N) is 1. The predicted molar refractivity (Wildman–Crippen MR) is 50.0 cm³/mol. The van der Waals surface area contributed by atoms with E-state index in [-0.39, 0.29) is 11.5 Å². The van der Waals surface area contributed by atoms with Crippen molar-refractivity contribution in [2.75, 3.05) is 5.73 Å². The van der Waals surface area contributed by atoms with Gasteiger partial charge in [0, 0.05) is 12.0 Å². The monoisotopic (exact) mass is 195 g/mol. The molecule has 0 aliphatic rings. The summed E-state index contributed by atoms with van der Waals surface area (Å²) < 4.78 is 18.6. The first-order chi connectivity index (χ1) is 6.74. The number of H-pyrrole nitrogens is 1. The first-order valence-corrected chi connectivity index (χ1v) is 4.30. The molecule has 0 saturated carbocycles. The van der Waals surface area contributed by atoms with Crippen LogP contribution in [0.2, 0.25) is 0 Å². The van der Waals surface area contributed by atoms with Gasteiger partial charge < -0.3 is 10.2 Å². The van der Waals surface area contributed by atoms with E-state index in [1.54, 1.807) is 6.07 Å². The number of nitrogen functional groups attached to an aromatic ring is 1. The van der Waals surface area contributed by atoms with Gasteiger partial charge in [-0.25, -0.2) is 4.39 Å². The van der Waals surface area contributed by atoms with Gasteiger partial charge in [-0.15, -0.1) is 0 Å². The molecule has 0 unspecified atom stereocenters. The van der Waals surface area contributed by atoms with Crippen molar-refractivity contribution in [2.45, 2.75) is 13.3 Å². The largest absolute Gasteiger partial charge is 0.469 e. The van der Waals surface area contributed by atoms with Crippen LogP contribution < -0.4 is 5.73 Å². The van der Waals surface area contributed by atoms with Crippen LogP contribution in [0.4, 0.5) is 10.2 Å². The van der Waals surface area contributed by atoms with E-state index in [2.05, 4.69) is 10.2 Å². The summed E-state index contributed by atoms with van der Waals surface area (Å²) in [5.74, 6) is 0.0666. The third-order valence-electron chi connectivity index (χ3n) is 2.07. The van der Waals surface area contributed by atoms with E-state index >= 15 is 0 Å². The van der Waals surface area contributed by atoms with Crippen molar-refractivity contribution >= 4 is 5.82 Å². The molecule has 0 aliphatic carbocycles. The van der Waals surface area contributed by atoms with E-state index < -0.39 is 5.82 Å². The molecule has 2 rings (SSSR count). The summed E-state index contributed by atoms with van der Waals surface area (Å²) in [6, 6.07) is 1.69. The molecule has 0 aliphatic heterocycles. The van der Waals surface area contributed by atoms with Gasteiger partial charge in [0.05, 0.1) is 6.26 Å². The van der Waals surface area contributed by atoms with Crippen molar-refractivity contribution in [1.29, 1.82) is 0 Å². The number of rotatable bonds is 2.